The minimum Gasteiger partial charge on any atom is -0.494 e. The molecule has 4 aliphatic rings. The van der Waals surface area contributed by atoms with Gasteiger partial charge in [-0.25, -0.2) is 4.79 Å². The SMILES string of the molecule is CCC1OC(=O)[C@H](O[Si](C)(C)C)[C@@H](O[Si](C)(C)C)[C@@H]1C.CCOc1ccc(Cc2cc(Br)ccc2Cl)cc1.CCOc1ccc(Cc2cc([C@@H]3O[C@H](CC)[C@@H](C)[C@H](OC(C)=O)[C@H]3OC(C)=O)ccc2Cl)cc1.CCOc1ccc(Cc2cc([C@@H]3O[C@H](CO)[C@@H](O)[C@H](O)[C@H]3O)ccc2Cl)cc1.CCOc1ccc(Cc2cc([C@@]3(OC)O[C@H](CO)[C@@H](O)[C@H](O)[C@H]3O)ccc2Cl)cc1. The molecule has 4 fully saturated rings. The van der Waals surface area contributed by atoms with Crippen LogP contribution < -0.4 is 18.9 Å². The lowest BCUT2D eigenvalue weighted by Crippen LogP contribution is -2.64. The monoisotopic (exact) mass is 1980 g/mol. The summed E-state index contributed by atoms with van der Waals surface area (Å²) in [6.45, 7) is 32.8. The van der Waals surface area contributed by atoms with Crippen molar-refractivity contribution in [1.82, 2.24) is 0 Å². The zero-order valence-electron chi connectivity index (χ0n) is 77.0. The molecule has 0 aromatic heterocycles. The Bertz CT molecular complexity index is 4850. The quantitative estimate of drug-likeness (QED) is 0.0118. The van der Waals surface area contributed by atoms with Gasteiger partial charge in [-0.2, -0.15) is 0 Å². The summed E-state index contributed by atoms with van der Waals surface area (Å²) in [5, 5.41) is 82.8. The van der Waals surface area contributed by atoms with Crippen molar-refractivity contribution in [2.45, 2.75) is 250 Å². The molecule has 8 aromatic carbocycles. The van der Waals surface area contributed by atoms with E-state index in [0.29, 0.717) is 71.9 Å². The van der Waals surface area contributed by atoms with Crippen molar-refractivity contribution in [3.8, 4) is 23.0 Å². The first kappa shape index (κ1) is 108. The molecular weight excluding hydrogens is 1850 g/mol. The number of hydrogen-bond acceptors (Lipinski definition) is 24. The highest BCUT2D eigenvalue weighted by molar-refractivity contribution is 9.10. The van der Waals surface area contributed by atoms with E-state index in [-0.39, 0.29) is 36.1 Å². The summed E-state index contributed by atoms with van der Waals surface area (Å²) in [6.07, 6.45) is -10.6. The van der Waals surface area contributed by atoms with E-state index in [2.05, 4.69) is 80.3 Å². The second-order valence-corrected chi connectivity index (χ2v) is 45.7. The third-order valence-corrected chi connectivity index (χ3v) is 26.2. The summed E-state index contributed by atoms with van der Waals surface area (Å²) >= 11 is 28.9. The van der Waals surface area contributed by atoms with E-state index in [9.17, 15) is 55.2 Å². The van der Waals surface area contributed by atoms with Crippen LogP contribution in [0.2, 0.25) is 59.4 Å². The molecule has 0 amide bonds. The van der Waals surface area contributed by atoms with Crippen LogP contribution in [0.1, 0.15) is 155 Å². The van der Waals surface area contributed by atoms with Crippen LogP contribution >= 0.6 is 62.3 Å². The smallest absolute Gasteiger partial charge is 0.337 e. The number of ether oxygens (including phenoxy) is 11. The summed E-state index contributed by atoms with van der Waals surface area (Å²) < 4.78 is 75.4. The van der Waals surface area contributed by atoms with Crippen molar-refractivity contribution in [3.05, 3.63) is 256 Å². The number of esters is 3. The highest BCUT2D eigenvalue weighted by Crippen LogP contribution is 2.44. The summed E-state index contributed by atoms with van der Waals surface area (Å²) in [5.41, 5.74) is 9.81. The first-order valence-electron chi connectivity index (χ1n) is 44.1. The van der Waals surface area contributed by atoms with E-state index in [4.69, 9.17) is 107 Å². The molecule has 24 nitrogen and oxygen atoms in total. The van der Waals surface area contributed by atoms with Gasteiger partial charge in [0, 0.05) is 62.9 Å². The van der Waals surface area contributed by atoms with Gasteiger partial charge in [-0.15, -0.1) is 0 Å². The average Bonchev–Trinajstić information content (AvgIpc) is 0.745. The Balaban J connectivity index is 0.000000204. The Morgan fingerprint density at radius 1 is 0.431 bits per heavy atom. The normalized spacial score (nSPS) is 25.4. The topological polar surface area (TPSA) is 333 Å². The maximum atomic E-state index is 12.3. The van der Waals surface area contributed by atoms with Crippen LogP contribution in [0.25, 0.3) is 0 Å². The van der Waals surface area contributed by atoms with Crippen LogP contribution in [-0.2, 0) is 87.9 Å². The second kappa shape index (κ2) is 51.0. The van der Waals surface area contributed by atoms with Crippen LogP contribution in [0.4, 0.5) is 0 Å². The molecule has 712 valence electrons. The largest absolute Gasteiger partial charge is 0.494 e. The van der Waals surface area contributed by atoms with E-state index in [1.165, 1.54) is 26.5 Å². The first-order valence-corrected chi connectivity index (χ1v) is 53.2. The van der Waals surface area contributed by atoms with E-state index >= 15 is 0 Å². The minimum absolute atomic E-state index is 0.0645. The number of hydrogen-bond donors (Lipinski definition) is 8. The summed E-state index contributed by atoms with van der Waals surface area (Å²) in [6, 6.07) is 53.2. The van der Waals surface area contributed by atoms with Crippen LogP contribution in [0, 0.1) is 11.8 Å². The maximum absolute atomic E-state index is 12.3. The van der Waals surface area contributed by atoms with Crippen LogP contribution in [0.5, 0.6) is 23.0 Å². The van der Waals surface area contributed by atoms with Gasteiger partial charge in [-0.3, -0.25) is 9.59 Å². The molecule has 4 aliphatic heterocycles. The number of rotatable bonds is 30. The van der Waals surface area contributed by atoms with Gasteiger partial charge in [0.2, 0.25) is 5.79 Å². The number of methoxy groups -OCH3 is 1. The maximum Gasteiger partial charge on any atom is 0.337 e. The number of carbonyl (C=O) groups excluding carboxylic acids is 3. The molecule has 12 rings (SSSR count). The molecule has 130 heavy (non-hydrogen) atoms. The van der Waals surface area contributed by atoms with E-state index < -0.39 is 127 Å². The summed E-state index contributed by atoms with van der Waals surface area (Å²) in [5.74, 6) is 0.441. The molecule has 31 heteroatoms. The van der Waals surface area contributed by atoms with Crippen molar-refractivity contribution in [2.75, 3.05) is 46.8 Å². The second-order valence-electron chi connectivity index (χ2n) is 34.2. The molecule has 8 aromatic rings. The van der Waals surface area contributed by atoms with Crippen molar-refractivity contribution >= 4 is 96.9 Å². The van der Waals surface area contributed by atoms with Gasteiger partial charge in [-0.05, 0) is 252 Å². The molecule has 0 radical (unpaired) electrons. The Hall–Kier alpha value is -7.12. The lowest BCUT2D eigenvalue weighted by Gasteiger charge is -2.47. The van der Waals surface area contributed by atoms with Crippen molar-refractivity contribution in [1.29, 1.82) is 0 Å². The van der Waals surface area contributed by atoms with Crippen molar-refractivity contribution < 1.29 is 116 Å². The zero-order chi connectivity index (χ0) is 95.6. The third kappa shape index (κ3) is 30.4. The molecule has 4 saturated heterocycles. The number of halogens is 5. The van der Waals surface area contributed by atoms with Crippen LogP contribution in [0.3, 0.4) is 0 Å². The van der Waals surface area contributed by atoms with Gasteiger partial charge < -0.3 is 102 Å². The molecule has 0 bridgehead atoms. The van der Waals surface area contributed by atoms with Gasteiger partial charge in [0.05, 0.1) is 51.8 Å². The average molecular weight is 1980 g/mol. The lowest BCUT2D eigenvalue weighted by molar-refractivity contribution is -0.366. The fourth-order valence-electron chi connectivity index (χ4n) is 15.8. The van der Waals surface area contributed by atoms with Crippen molar-refractivity contribution in [3.63, 3.8) is 0 Å². The molecule has 0 spiro atoms. The van der Waals surface area contributed by atoms with Crippen molar-refractivity contribution in [2.24, 2.45) is 11.8 Å². The Morgan fingerprint density at radius 2 is 0.800 bits per heavy atom. The highest BCUT2D eigenvalue weighted by Gasteiger charge is 2.56. The van der Waals surface area contributed by atoms with Crippen LogP contribution in [0.15, 0.2) is 174 Å². The summed E-state index contributed by atoms with van der Waals surface area (Å²) in [7, 11) is -2.26. The first-order chi connectivity index (χ1) is 61.7. The predicted octanol–water partition coefficient (Wildman–Crippen LogP) is 17.6. The lowest BCUT2D eigenvalue weighted by atomic mass is 9.84. The Morgan fingerprint density at radius 3 is 1.19 bits per heavy atom. The summed E-state index contributed by atoms with van der Waals surface area (Å²) in [4.78, 5) is 36.1. The molecule has 0 aliphatic carbocycles. The van der Waals surface area contributed by atoms with Gasteiger partial charge in [-0.1, -0.05) is 169 Å². The third-order valence-electron chi connectivity index (χ3n) is 22.2. The van der Waals surface area contributed by atoms with Crippen LogP contribution in [-0.4, -0.2) is 208 Å². The number of cyclic esters (lactones) is 1. The zero-order valence-corrected chi connectivity index (χ0v) is 83.7. The predicted molar refractivity (Wildman–Crippen MR) is 511 cm³/mol. The van der Waals surface area contributed by atoms with Gasteiger partial charge in [0.1, 0.15) is 96.2 Å². The van der Waals surface area contributed by atoms with Gasteiger partial charge in [0.25, 0.3) is 0 Å². The molecule has 0 saturated carbocycles. The molecule has 4 heterocycles. The fraction of sp³-hybridized carbons (Fsp3) is 0.485. The number of aliphatic hydroxyl groups is 8. The fourth-order valence-corrected chi connectivity index (χ4v) is 19.1. The highest BCUT2D eigenvalue weighted by atomic mass is 79.9. The van der Waals surface area contributed by atoms with E-state index in [1.54, 1.807) is 30.3 Å². The molecule has 8 N–H and O–H groups in total. The minimum atomic E-state index is -1.83. The molecule has 19 atom stereocenters. The van der Waals surface area contributed by atoms with E-state index in [0.717, 1.165) is 96.3 Å². The number of carbonyl (C=O) groups is 3. The molecular formula is C99H129BrCl4O24Si2. The van der Waals surface area contributed by atoms with Gasteiger partial charge in [0.15, 0.2) is 28.8 Å². The molecule has 1 unspecified atom stereocenters. The van der Waals surface area contributed by atoms with E-state index in [1.807, 2.05) is 170 Å². The number of aliphatic hydroxyl groups excluding tert-OH is 8. The van der Waals surface area contributed by atoms with Gasteiger partial charge >= 0.3 is 17.9 Å². The standard InChI is InChI=1S/C27H33ClO6.C22H27ClO7.C21H25ClO6.C15H14BrClO.C14H30O4Si2/c1-6-24-16(3)25(32-17(4)29)27(33-18(5)30)26(34-24)20-10-13-23(28)21(15-20)14-19-8-11-22(12-9-19)31-7-2;1-3-29-16-7-4-13(5-8-16)10-14-11-15(6-9-17(14)23)22(28-2)21(27)20(26)19(25)18(12-24)30-22;1-2-27-15-6-3-12(4-7-15)9-14-10-13(5-8-16(14)22)21-20(26)19(25)18(24)17(11-23)28-21;1-2-18-14-6-3-11(4-7-14)9-12-10-13(16)5-8-15(12)17;1-9-11-10(2)12(17-19(3,4)5)13(14(15)16-11)18-20(6,7)8/h8-13,15-16,24-27H,6-7,14H2,1-5H3;4-9,11,18-21,24-27H,3,10,12H2,1-2H3;3-8,10,17-21,23-26H,2,9,11H2,1H3;3-8,10H,2,9H2,1H3;10-13H,9H2,1-8H3/t16-,24-,25+,26+,27-;18-,19-,20+,21-,22-;17-,18-,19+,20-,21+;;10-,11?,12+,13-/m111.1/s1. The number of benzene rings is 8. The Kier molecular flexibility index (Phi) is 42.4. The Labute approximate surface area is 795 Å².